The number of hydrogen-bond acceptors (Lipinski definition) is 4. The lowest BCUT2D eigenvalue weighted by Gasteiger charge is -2.32. The van der Waals surface area contributed by atoms with Gasteiger partial charge in [0.1, 0.15) is 6.10 Å². The number of ether oxygens (including phenoxy) is 2. The van der Waals surface area contributed by atoms with Crippen LogP contribution in [0.25, 0.3) is 0 Å². The first-order valence-corrected chi connectivity index (χ1v) is 14.3. The number of likely N-dealkylation sites (N-methyl/N-ethyl adjacent to an activating group) is 1. The van der Waals surface area contributed by atoms with E-state index in [1.165, 1.54) is 83.5 Å². The molecular formula is C29H55NO3. The van der Waals surface area contributed by atoms with Gasteiger partial charge in [-0.05, 0) is 31.5 Å². The maximum absolute atomic E-state index is 12.8. The van der Waals surface area contributed by atoms with Crippen LogP contribution in [0.3, 0.4) is 0 Å². The lowest BCUT2D eigenvalue weighted by atomic mass is 9.94. The number of carbonyl (C=O) groups excluding carboxylic acids is 1. The first-order valence-electron chi connectivity index (χ1n) is 14.3. The maximum atomic E-state index is 12.8. The van der Waals surface area contributed by atoms with Crippen molar-refractivity contribution in [2.45, 2.75) is 137 Å². The molecule has 33 heavy (non-hydrogen) atoms. The minimum absolute atomic E-state index is 0.133. The molecule has 0 aliphatic carbocycles. The fourth-order valence-electron chi connectivity index (χ4n) is 4.54. The number of hydrogen-bond donors (Lipinski definition) is 0. The van der Waals surface area contributed by atoms with E-state index in [2.05, 4.69) is 25.7 Å². The summed E-state index contributed by atoms with van der Waals surface area (Å²) in [5, 5.41) is 0. The summed E-state index contributed by atoms with van der Waals surface area (Å²) >= 11 is 0. The molecule has 0 amide bonds. The highest BCUT2D eigenvalue weighted by molar-refractivity contribution is 6.00. The van der Waals surface area contributed by atoms with Crippen LogP contribution in [-0.4, -0.2) is 49.3 Å². The van der Waals surface area contributed by atoms with E-state index >= 15 is 0 Å². The Morgan fingerprint density at radius 1 is 0.818 bits per heavy atom. The molecule has 4 heteroatoms. The second-order valence-corrected chi connectivity index (χ2v) is 10.2. The predicted molar refractivity (Wildman–Crippen MR) is 141 cm³/mol. The van der Waals surface area contributed by atoms with E-state index in [4.69, 9.17) is 9.47 Å². The topological polar surface area (TPSA) is 38.8 Å². The molecule has 0 saturated carbocycles. The summed E-state index contributed by atoms with van der Waals surface area (Å²) < 4.78 is 12.0. The summed E-state index contributed by atoms with van der Waals surface area (Å²) in [7, 11) is 0. The average Bonchev–Trinajstić information content (AvgIpc) is 2.81. The Kier molecular flexibility index (Phi) is 18.0. The van der Waals surface area contributed by atoms with E-state index in [0.717, 1.165) is 25.1 Å². The van der Waals surface area contributed by atoms with Gasteiger partial charge >= 0.3 is 0 Å². The minimum Gasteiger partial charge on any atom is -0.349 e. The third-order valence-electron chi connectivity index (χ3n) is 6.87. The van der Waals surface area contributed by atoms with Crippen molar-refractivity contribution < 1.29 is 14.3 Å². The molecule has 0 fully saturated rings. The Labute approximate surface area is 205 Å². The summed E-state index contributed by atoms with van der Waals surface area (Å²) in [5.41, 5.74) is 0.856. The van der Waals surface area contributed by atoms with Crippen molar-refractivity contribution >= 4 is 5.78 Å². The molecule has 0 aromatic heterocycles. The Morgan fingerprint density at radius 2 is 1.30 bits per heavy atom. The van der Waals surface area contributed by atoms with Gasteiger partial charge in [-0.25, -0.2) is 0 Å². The van der Waals surface area contributed by atoms with E-state index in [1.54, 1.807) is 0 Å². The van der Waals surface area contributed by atoms with E-state index in [9.17, 15) is 4.79 Å². The second-order valence-electron chi connectivity index (χ2n) is 10.2. The standard InChI is InChI=1S/C29H55NO3/c1-6-9-10-11-12-13-14-15-16-17-18-19-20-21-22-32-27-23-26(24-30(7-2)8-3)28(31)29(33-27)25(4)5/h23,25,27,29H,6-22,24H2,1-5H3. The SMILES string of the molecule is CCCCCCCCCCCCCCCCOC1C=C(CN(CC)CC)C(=O)C(C(C)C)O1. The summed E-state index contributed by atoms with van der Waals surface area (Å²) in [5.74, 6) is 0.290. The molecule has 0 N–H and O–H groups in total. The van der Waals surface area contributed by atoms with Crippen LogP contribution in [0.5, 0.6) is 0 Å². The minimum atomic E-state index is -0.387. The highest BCUT2D eigenvalue weighted by Gasteiger charge is 2.33. The zero-order valence-electron chi connectivity index (χ0n) is 22.7. The summed E-state index contributed by atoms with van der Waals surface area (Å²) in [6.07, 6.45) is 20.1. The van der Waals surface area contributed by atoms with Gasteiger partial charge in [0, 0.05) is 12.1 Å². The van der Waals surface area contributed by atoms with E-state index in [0.29, 0.717) is 13.2 Å². The fourth-order valence-corrected chi connectivity index (χ4v) is 4.54. The Balaban J connectivity index is 2.15. The van der Waals surface area contributed by atoms with Crippen molar-refractivity contribution in [2.24, 2.45) is 5.92 Å². The molecule has 0 bridgehead atoms. The number of Topliss-reactive ketones (excluding diaryl/α,β-unsaturated/α-hetero) is 1. The van der Waals surface area contributed by atoms with Crippen molar-refractivity contribution in [1.29, 1.82) is 0 Å². The molecule has 2 unspecified atom stereocenters. The van der Waals surface area contributed by atoms with Gasteiger partial charge in [-0.15, -0.1) is 0 Å². The predicted octanol–water partition coefficient (Wildman–Crippen LogP) is 7.70. The van der Waals surface area contributed by atoms with Gasteiger partial charge in [0.15, 0.2) is 12.1 Å². The van der Waals surface area contributed by atoms with Crippen molar-refractivity contribution in [3.8, 4) is 0 Å². The zero-order valence-corrected chi connectivity index (χ0v) is 22.7. The molecule has 194 valence electrons. The molecule has 0 aromatic carbocycles. The molecule has 0 radical (unpaired) electrons. The number of rotatable bonds is 21. The maximum Gasteiger partial charge on any atom is 0.189 e. The van der Waals surface area contributed by atoms with E-state index in [1.807, 2.05) is 19.9 Å². The molecule has 4 nitrogen and oxygen atoms in total. The lowest BCUT2D eigenvalue weighted by molar-refractivity contribution is -0.171. The van der Waals surface area contributed by atoms with Crippen LogP contribution in [0.1, 0.15) is 125 Å². The molecule has 0 spiro atoms. The van der Waals surface area contributed by atoms with Crippen molar-refractivity contribution in [3.05, 3.63) is 11.6 Å². The van der Waals surface area contributed by atoms with Gasteiger partial charge in [0.25, 0.3) is 0 Å². The van der Waals surface area contributed by atoms with Crippen LogP contribution < -0.4 is 0 Å². The Morgan fingerprint density at radius 3 is 1.76 bits per heavy atom. The van der Waals surface area contributed by atoms with E-state index in [-0.39, 0.29) is 24.1 Å². The molecule has 1 aliphatic rings. The molecule has 1 rings (SSSR count). The van der Waals surface area contributed by atoms with Crippen LogP contribution in [0.15, 0.2) is 11.6 Å². The quantitative estimate of drug-likeness (QED) is 0.163. The van der Waals surface area contributed by atoms with Crippen LogP contribution in [0.2, 0.25) is 0 Å². The van der Waals surface area contributed by atoms with Gasteiger partial charge in [-0.1, -0.05) is 118 Å². The van der Waals surface area contributed by atoms with Gasteiger partial charge < -0.3 is 9.47 Å². The summed E-state index contributed by atoms with van der Waals surface area (Å²) in [6.45, 7) is 13.9. The van der Waals surface area contributed by atoms with Crippen LogP contribution in [0, 0.1) is 5.92 Å². The monoisotopic (exact) mass is 465 g/mol. The lowest BCUT2D eigenvalue weighted by Crippen LogP contribution is -2.42. The number of unbranched alkanes of at least 4 members (excludes halogenated alkanes) is 13. The van der Waals surface area contributed by atoms with Gasteiger partial charge in [-0.2, -0.15) is 0 Å². The largest absolute Gasteiger partial charge is 0.349 e. The van der Waals surface area contributed by atoms with Gasteiger partial charge in [0.2, 0.25) is 0 Å². The number of nitrogens with zero attached hydrogens (tertiary/aromatic N) is 1. The molecule has 0 saturated heterocycles. The highest BCUT2D eigenvalue weighted by Crippen LogP contribution is 2.23. The third kappa shape index (κ3) is 13.7. The Hall–Kier alpha value is -0.710. The smallest absolute Gasteiger partial charge is 0.189 e. The molecule has 2 atom stereocenters. The number of ketones is 1. The molecular weight excluding hydrogens is 410 g/mol. The summed E-state index contributed by atoms with van der Waals surface area (Å²) in [4.78, 5) is 15.1. The normalized spacial score (nSPS) is 19.0. The van der Waals surface area contributed by atoms with Gasteiger partial charge in [-0.3, -0.25) is 9.69 Å². The highest BCUT2D eigenvalue weighted by atomic mass is 16.7. The van der Waals surface area contributed by atoms with E-state index < -0.39 is 0 Å². The van der Waals surface area contributed by atoms with Crippen LogP contribution >= 0.6 is 0 Å². The Bertz CT molecular complexity index is 513. The summed E-state index contributed by atoms with van der Waals surface area (Å²) in [6, 6.07) is 0. The average molecular weight is 466 g/mol. The fraction of sp³-hybridized carbons (Fsp3) is 0.897. The first-order chi connectivity index (χ1) is 16.0. The first kappa shape index (κ1) is 30.3. The molecule has 1 aliphatic heterocycles. The zero-order chi connectivity index (χ0) is 24.3. The third-order valence-corrected chi connectivity index (χ3v) is 6.87. The van der Waals surface area contributed by atoms with Gasteiger partial charge in [0.05, 0.1) is 6.61 Å². The van der Waals surface area contributed by atoms with Crippen LogP contribution in [-0.2, 0) is 14.3 Å². The number of carbonyl (C=O) groups is 1. The van der Waals surface area contributed by atoms with Crippen molar-refractivity contribution in [1.82, 2.24) is 4.90 Å². The molecule has 0 aromatic rings. The second kappa shape index (κ2) is 19.6. The van der Waals surface area contributed by atoms with Crippen LogP contribution in [0.4, 0.5) is 0 Å². The molecule has 1 heterocycles. The van der Waals surface area contributed by atoms with Crippen molar-refractivity contribution in [3.63, 3.8) is 0 Å². The van der Waals surface area contributed by atoms with Crippen molar-refractivity contribution in [2.75, 3.05) is 26.2 Å².